The lowest BCUT2D eigenvalue weighted by atomic mass is 9.91. The van der Waals surface area contributed by atoms with Crippen LogP contribution >= 0.6 is 0 Å². The Bertz CT molecular complexity index is 1000. The Balaban J connectivity index is 2.28. The summed E-state index contributed by atoms with van der Waals surface area (Å²) in [4.78, 5) is 24.5. The number of ketones is 1. The van der Waals surface area contributed by atoms with Crippen molar-refractivity contribution >= 4 is 27.5 Å². The highest BCUT2D eigenvalue weighted by Gasteiger charge is 2.25. The van der Waals surface area contributed by atoms with Gasteiger partial charge in [0.25, 0.3) is 10.0 Å². The van der Waals surface area contributed by atoms with Crippen LogP contribution in [0.5, 0.6) is 0 Å². The van der Waals surface area contributed by atoms with E-state index in [0.29, 0.717) is 5.56 Å². The van der Waals surface area contributed by atoms with Crippen LogP contribution in [0.2, 0.25) is 0 Å². The minimum absolute atomic E-state index is 0.0399. The molecule has 0 bridgehead atoms. The molecule has 2 rings (SSSR count). The van der Waals surface area contributed by atoms with Crippen molar-refractivity contribution in [1.82, 2.24) is 0 Å². The number of anilines is 1. The van der Waals surface area contributed by atoms with E-state index in [1.807, 2.05) is 6.07 Å². The third kappa shape index (κ3) is 5.19. The van der Waals surface area contributed by atoms with E-state index in [1.54, 1.807) is 58.9 Å². The van der Waals surface area contributed by atoms with Gasteiger partial charge in [-0.05, 0) is 43.2 Å². The molecule has 0 saturated carbocycles. The Kier molecular flexibility index (Phi) is 6.29. The van der Waals surface area contributed by atoms with Crippen LogP contribution < -0.4 is 4.72 Å². The maximum Gasteiger partial charge on any atom is 0.340 e. The summed E-state index contributed by atoms with van der Waals surface area (Å²) in [5, 5.41) is 0. The minimum atomic E-state index is -3.90. The summed E-state index contributed by atoms with van der Waals surface area (Å²) in [7, 11) is -3.90. The molecule has 0 fully saturated rings. The van der Waals surface area contributed by atoms with Gasteiger partial charge in [0.1, 0.15) is 0 Å². The molecule has 0 radical (unpaired) electrons. The summed E-state index contributed by atoms with van der Waals surface area (Å²) in [6, 6.07) is 11.3. The maximum absolute atomic E-state index is 12.8. The zero-order valence-electron chi connectivity index (χ0n) is 16.7. The number of ether oxygens (including phenoxy) is 1. The first-order valence-corrected chi connectivity index (χ1v) is 10.3. The first-order valence-electron chi connectivity index (χ1n) is 8.81. The third-order valence-electron chi connectivity index (χ3n) is 4.20. The Morgan fingerprint density at radius 3 is 2.32 bits per heavy atom. The van der Waals surface area contributed by atoms with Crippen molar-refractivity contribution < 1.29 is 22.7 Å². The number of nitrogens with one attached hydrogen (secondary N) is 1. The van der Waals surface area contributed by atoms with Gasteiger partial charge in [-0.25, -0.2) is 13.2 Å². The van der Waals surface area contributed by atoms with Crippen LogP contribution in [0.15, 0.2) is 47.4 Å². The molecule has 150 valence electrons. The SMILES string of the molecule is Cc1ccc(C)c(S(=O)(=O)Nc2ccccc2C(=O)OCC(=O)C(C)(C)C)c1. The second-order valence-corrected chi connectivity index (χ2v) is 9.32. The summed E-state index contributed by atoms with van der Waals surface area (Å²) in [5.41, 5.74) is 0.896. The number of hydrogen-bond donors (Lipinski definition) is 1. The van der Waals surface area contributed by atoms with E-state index < -0.39 is 21.4 Å². The van der Waals surface area contributed by atoms with E-state index in [2.05, 4.69) is 4.72 Å². The molecule has 0 aliphatic heterocycles. The van der Waals surface area contributed by atoms with Crippen molar-refractivity contribution in [3.63, 3.8) is 0 Å². The molecule has 0 spiro atoms. The molecular weight excluding hydrogens is 378 g/mol. The standard InChI is InChI=1S/C21H25NO5S/c1-14-10-11-15(2)18(12-14)28(25,26)22-17-9-7-6-8-16(17)20(24)27-13-19(23)21(3,4)5/h6-12,22H,13H2,1-5H3. The second-order valence-electron chi connectivity index (χ2n) is 7.67. The largest absolute Gasteiger partial charge is 0.454 e. The van der Waals surface area contributed by atoms with Gasteiger partial charge in [-0.3, -0.25) is 9.52 Å². The van der Waals surface area contributed by atoms with Gasteiger partial charge >= 0.3 is 5.97 Å². The van der Waals surface area contributed by atoms with Gasteiger partial charge in [0, 0.05) is 5.41 Å². The molecule has 2 aromatic carbocycles. The molecule has 0 aliphatic rings. The van der Waals surface area contributed by atoms with E-state index in [0.717, 1.165) is 5.56 Å². The van der Waals surface area contributed by atoms with Gasteiger partial charge < -0.3 is 4.74 Å². The highest BCUT2D eigenvalue weighted by Crippen LogP contribution is 2.24. The average Bonchev–Trinajstić information content (AvgIpc) is 2.60. The molecule has 0 atom stereocenters. The molecule has 6 nitrogen and oxygen atoms in total. The molecule has 28 heavy (non-hydrogen) atoms. The highest BCUT2D eigenvalue weighted by atomic mass is 32.2. The number of sulfonamides is 1. The normalized spacial score (nSPS) is 11.8. The van der Waals surface area contributed by atoms with E-state index in [4.69, 9.17) is 4.74 Å². The number of esters is 1. The molecule has 0 amide bonds. The van der Waals surface area contributed by atoms with Gasteiger partial charge in [0.2, 0.25) is 0 Å². The van der Waals surface area contributed by atoms with Gasteiger partial charge in [-0.2, -0.15) is 0 Å². The fourth-order valence-corrected chi connectivity index (χ4v) is 3.78. The number of carbonyl (C=O) groups excluding carboxylic acids is 2. The fourth-order valence-electron chi connectivity index (χ4n) is 2.37. The Hall–Kier alpha value is -2.67. The van der Waals surface area contributed by atoms with Gasteiger partial charge in [0.05, 0.1) is 16.1 Å². The summed E-state index contributed by atoms with van der Waals surface area (Å²) in [5.74, 6) is -0.994. The predicted octanol–water partition coefficient (Wildman–Crippen LogP) is 3.88. The lowest BCUT2D eigenvalue weighted by molar-refractivity contribution is -0.129. The molecule has 2 aromatic rings. The zero-order chi connectivity index (χ0) is 21.1. The summed E-state index contributed by atoms with van der Waals surface area (Å²) >= 11 is 0. The van der Waals surface area contributed by atoms with Crippen LogP contribution in [-0.4, -0.2) is 26.8 Å². The van der Waals surface area contributed by atoms with E-state index in [9.17, 15) is 18.0 Å². The van der Waals surface area contributed by atoms with Crippen molar-refractivity contribution in [3.05, 3.63) is 59.2 Å². The number of Topliss-reactive ketones (excluding diaryl/α,β-unsaturated/α-hetero) is 1. The Morgan fingerprint density at radius 1 is 1.04 bits per heavy atom. The molecule has 7 heteroatoms. The Morgan fingerprint density at radius 2 is 1.68 bits per heavy atom. The first-order chi connectivity index (χ1) is 12.9. The predicted molar refractivity (Wildman–Crippen MR) is 108 cm³/mol. The zero-order valence-corrected chi connectivity index (χ0v) is 17.5. The maximum atomic E-state index is 12.8. The number of benzene rings is 2. The van der Waals surface area contributed by atoms with Gasteiger partial charge in [-0.15, -0.1) is 0 Å². The number of para-hydroxylation sites is 1. The quantitative estimate of drug-likeness (QED) is 0.740. The smallest absolute Gasteiger partial charge is 0.340 e. The topological polar surface area (TPSA) is 89.5 Å². The number of aryl methyl sites for hydroxylation is 2. The second kappa shape index (κ2) is 8.14. The number of rotatable bonds is 6. The van der Waals surface area contributed by atoms with Crippen LogP contribution in [-0.2, 0) is 19.6 Å². The van der Waals surface area contributed by atoms with Crippen molar-refractivity contribution in [2.45, 2.75) is 39.5 Å². The van der Waals surface area contributed by atoms with E-state index in [-0.39, 0.29) is 28.5 Å². The van der Waals surface area contributed by atoms with Gasteiger partial charge in [-0.1, -0.05) is 45.0 Å². The van der Waals surface area contributed by atoms with Crippen LogP contribution in [0.1, 0.15) is 42.3 Å². The Labute approximate surface area is 166 Å². The average molecular weight is 404 g/mol. The third-order valence-corrected chi connectivity index (χ3v) is 5.70. The lowest BCUT2D eigenvalue weighted by Crippen LogP contribution is -2.26. The summed E-state index contributed by atoms with van der Waals surface area (Å²) in [6.07, 6.45) is 0. The van der Waals surface area contributed by atoms with Crippen LogP contribution in [0.3, 0.4) is 0 Å². The minimum Gasteiger partial charge on any atom is -0.454 e. The summed E-state index contributed by atoms with van der Waals surface area (Å²) < 4.78 is 33.2. The molecule has 0 unspecified atom stereocenters. The molecule has 0 aliphatic carbocycles. The van der Waals surface area contributed by atoms with Crippen LogP contribution in [0, 0.1) is 19.3 Å². The molecule has 0 aromatic heterocycles. The van der Waals surface area contributed by atoms with E-state index in [1.165, 1.54) is 12.1 Å². The fraction of sp³-hybridized carbons (Fsp3) is 0.333. The van der Waals surface area contributed by atoms with Crippen LogP contribution in [0.25, 0.3) is 0 Å². The van der Waals surface area contributed by atoms with Crippen molar-refractivity contribution in [3.8, 4) is 0 Å². The highest BCUT2D eigenvalue weighted by molar-refractivity contribution is 7.92. The van der Waals surface area contributed by atoms with Crippen molar-refractivity contribution in [2.75, 3.05) is 11.3 Å². The monoisotopic (exact) mass is 403 g/mol. The van der Waals surface area contributed by atoms with Crippen molar-refractivity contribution in [2.24, 2.45) is 5.41 Å². The van der Waals surface area contributed by atoms with E-state index >= 15 is 0 Å². The molecule has 0 heterocycles. The number of carbonyl (C=O) groups is 2. The van der Waals surface area contributed by atoms with Gasteiger partial charge in [0.15, 0.2) is 12.4 Å². The van der Waals surface area contributed by atoms with Crippen molar-refractivity contribution in [1.29, 1.82) is 0 Å². The summed E-state index contributed by atoms with van der Waals surface area (Å²) in [6.45, 7) is 8.32. The lowest BCUT2D eigenvalue weighted by Gasteiger charge is -2.17. The molecular formula is C21H25NO5S. The molecule has 1 N–H and O–H groups in total. The van der Waals surface area contributed by atoms with Crippen LogP contribution in [0.4, 0.5) is 5.69 Å². The molecule has 0 saturated heterocycles. The number of hydrogen-bond acceptors (Lipinski definition) is 5. The first kappa shape index (κ1) is 21.6.